The molecule has 0 saturated heterocycles. The first-order valence-electron chi connectivity index (χ1n) is 5.79. The van der Waals surface area contributed by atoms with Crippen LogP contribution < -0.4 is 10.6 Å². The SMILES string of the molecule is CC1(C(=O)NC(=S)Nc2ccccc2C#N)CC1(Cl)Cl. The highest BCUT2D eigenvalue weighted by molar-refractivity contribution is 7.80. The number of para-hydroxylation sites is 1. The lowest BCUT2D eigenvalue weighted by Crippen LogP contribution is -2.40. The van der Waals surface area contributed by atoms with E-state index in [0.29, 0.717) is 17.7 Å². The maximum Gasteiger partial charge on any atom is 0.235 e. The minimum atomic E-state index is -1.04. The third kappa shape index (κ3) is 2.73. The maximum atomic E-state index is 12.0. The number of nitrogens with zero attached hydrogens (tertiary/aromatic N) is 1. The molecule has 1 amide bonds. The van der Waals surface area contributed by atoms with Crippen LogP contribution in [0, 0.1) is 16.7 Å². The number of hydrogen-bond donors (Lipinski definition) is 2. The Balaban J connectivity index is 2.01. The molecule has 0 spiro atoms. The molecule has 0 aromatic heterocycles. The van der Waals surface area contributed by atoms with Gasteiger partial charge in [-0.3, -0.25) is 4.79 Å². The van der Waals surface area contributed by atoms with Crippen LogP contribution >= 0.6 is 35.4 Å². The molecule has 1 aromatic carbocycles. The number of carbonyl (C=O) groups excluding carboxylic acids is 1. The van der Waals surface area contributed by atoms with Crippen LogP contribution in [-0.4, -0.2) is 15.4 Å². The Labute approximate surface area is 132 Å². The molecule has 0 aliphatic heterocycles. The van der Waals surface area contributed by atoms with E-state index in [-0.39, 0.29) is 11.0 Å². The average Bonchev–Trinajstić information content (AvgIpc) is 2.90. The summed E-state index contributed by atoms with van der Waals surface area (Å²) in [6.07, 6.45) is 0.381. The van der Waals surface area contributed by atoms with Crippen LogP contribution in [-0.2, 0) is 4.79 Å². The van der Waals surface area contributed by atoms with Gasteiger partial charge in [-0.1, -0.05) is 12.1 Å². The first kappa shape index (κ1) is 15.0. The largest absolute Gasteiger partial charge is 0.331 e. The minimum absolute atomic E-state index is 0.106. The van der Waals surface area contributed by atoms with E-state index in [4.69, 9.17) is 40.7 Å². The summed E-state index contributed by atoms with van der Waals surface area (Å²) < 4.78 is -1.04. The number of nitrogens with one attached hydrogen (secondary N) is 2. The highest BCUT2D eigenvalue weighted by atomic mass is 35.5. The van der Waals surface area contributed by atoms with Gasteiger partial charge in [-0.15, -0.1) is 23.2 Å². The summed E-state index contributed by atoms with van der Waals surface area (Å²) in [7, 11) is 0. The molecular formula is C13H11Cl2N3OS. The van der Waals surface area contributed by atoms with Gasteiger partial charge < -0.3 is 10.6 Å². The maximum absolute atomic E-state index is 12.0. The van der Waals surface area contributed by atoms with Crippen molar-refractivity contribution in [3.8, 4) is 6.07 Å². The molecule has 0 radical (unpaired) electrons. The van der Waals surface area contributed by atoms with Crippen molar-refractivity contribution in [3.63, 3.8) is 0 Å². The smallest absolute Gasteiger partial charge is 0.235 e. The molecule has 1 aliphatic rings. The molecule has 1 fully saturated rings. The molecule has 20 heavy (non-hydrogen) atoms. The zero-order chi connectivity index (χ0) is 15.0. The molecule has 0 heterocycles. The zero-order valence-electron chi connectivity index (χ0n) is 10.5. The Kier molecular flexibility index (Phi) is 3.92. The van der Waals surface area contributed by atoms with Crippen LogP contribution in [0.1, 0.15) is 18.9 Å². The van der Waals surface area contributed by atoms with Crippen molar-refractivity contribution >= 4 is 52.1 Å². The van der Waals surface area contributed by atoms with Crippen molar-refractivity contribution in [2.75, 3.05) is 5.32 Å². The summed E-state index contributed by atoms with van der Waals surface area (Å²) in [5.41, 5.74) is 0.131. The van der Waals surface area contributed by atoms with Crippen molar-refractivity contribution in [3.05, 3.63) is 29.8 Å². The van der Waals surface area contributed by atoms with E-state index in [9.17, 15) is 4.79 Å². The second kappa shape index (κ2) is 5.21. The number of anilines is 1. The van der Waals surface area contributed by atoms with Gasteiger partial charge in [-0.05, 0) is 37.7 Å². The highest BCUT2D eigenvalue weighted by Gasteiger charge is 2.68. The number of nitriles is 1. The molecule has 4 nitrogen and oxygen atoms in total. The van der Waals surface area contributed by atoms with Crippen molar-refractivity contribution in [2.45, 2.75) is 17.7 Å². The van der Waals surface area contributed by atoms with E-state index < -0.39 is 9.75 Å². The fraction of sp³-hybridized carbons (Fsp3) is 0.308. The Morgan fingerprint density at radius 3 is 2.60 bits per heavy atom. The summed E-state index contributed by atoms with van der Waals surface area (Å²) in [5.74, 6) is -0.338. The quantitative estimate of drug-likeness (QED) is 0.647. The standard InChI is InChI=1S/C13H11Cl2N3OS/c1-12(7-13(12,14)15)10(19)18-11(20)17-9-5-3-2-4-8(9)6-16/h2-5H,7H2,1H3,(H2,17,18,19,20). The molecule has 1 unspecified atom stereocenters. The van der Waals surface area contributed by atoms with Crippen LogP contribution in [0.15, 0.2) is 24.3 Å². The number of rotatable bonds is 2. The van der Waals surface area contributed by atoms with Crippen molar-refractivity contribution in [1.29, 1.82) is 5.26 Å². The van der Waals surface area contributed by atoms with Gasteiger partial charge in [0.05, 0.1) is 16.7 Å². The zero-order valence-corrected chi connectivity index (χ0v) is 12.9. The third-order valence-electron chi connectivity index (χ3n) is 3.28. The van der Waals surface area contributed by atoms with E-state index in [1.54, 1.807) is 31.2 Å². The van der Waals surface area contributed by atoms with Gasteiger partial charge in [0.2, 0.25) is 5.91 Å². The molecular weight excluding hydrogens is 317 g/mol. The van der Waals surface area contributed by atoms with Gasteiger partial charge in [0.25, 0.3) is 0 Å². The Bertz CT molecular complexity index is 626. The number of thiocarbonyl (C=S) groups is 1. The van der Waals surface area contributed by atoms with E-state index in [2.05, 4.69) is 10.6 Å². The van der Waals surface area contributed by atoms with E-state index in [0.717, 1.165) is 0 Å². The normalized spacial score (nSPS) is 22.5. The summed E-state index contributed by atoms with van der Waals surface area (Å²) in [4.78, 5) is 12.0. The van der Waals surface area contributed by atoms with Gasteiger partial charge in [-0.2, -0.15) is 5.26 Å². The van der Waals surface area contributed by atoms with Gasteiger partial charge in [0.15, 0.2) is 5.11 Å². The minimum Gasteiger partial charge on any atom is -0.331 e. The second-order valence-corrected chi connectivity index (χ2v) is 6.67. The van der Waals surface area contributed by atoms with E-state index in [1.165, 1.54) is 0 Å². The first-order valence-corrected chi connectivity index (χ1v) is 6.96. The van der Waals surface area contributed by atoms with Gasteiger partial charge in [0, 0.05) is 0 Å². The van der Waals surface area contributed by atoms with Gasteiger partial charge in [-0.25, -0.2) is 0 Å². The molecule has 7 heteroatoms. The number of halogens is 2. The van der Waals surface area contributed by atoms with Crippen molar-refractivity contribution in [1.82, 2.24) is 5.32 Å². The van der Waals surface area contributed by atoms with Crippen LogP contribution in [0.25, 0.3) is 0 Å². The molecule has 2 rings (SSSR count). The van der Waals surface area contributed by atoms with Crippen molar-refractivity contribution in [2.24, 2.45) is 5.41 Å². The van der Waals surface area contributed by atoms with Crippen LogP contribution in [0.4, 0.5) is 5.69 Å². The van der Waals surface area contributed by atoms with Crippen LogP contribution in [0.5, 0.6) is 0 Å². The third-order valence-corrected chi connectivity index (χ3v) is 4.59. The summed E-state index contributed by atoms with van der Waals surface area (Å²) >= 11 is 16.9. The number of hydrogen-bond acceptors (Lipinski definition) is 3. The molecule has 2 N–H and O–H groups in total. The van der Waals surface area contributed by atoms with Gasteiger partial charge in [0.1, 0.15) is 10.4 Å². The molecule has 1 atom stereocenters. The van der Waals surface area contributed by atoms with E-state index >= 15 is 0 Å². The monoisotopic (exact) mass is 327 g/mol. The lowest BCUT2D eigenvalue weighted by Gasteiger charge is -2.14. The fourth-order valence-corrected chi connectivity index (χ4v) is 2.64. The Hall–Kier alpha value is -1.35. The van der Waals surface area contributed by atoms with Crippen LogP contribution in [0.2, 0.25) is 0 Å². The van der Waals surface area contributed by atoms with Gasteiger partial charge >= 0.3 is 0 Å². The fourth-order valence-electron chi connectivity index (χ4n) is 1.73. The summed E-state index contributed by atoms with van der Waals surface area (Å²) in [6.45, 7) is 1.67. The predicted octanol–water partition coefficient (Wildman–Crippen LogP) is 2.96. The van der Waals surface area contributed by atoms with E-state index in [1.807, 2.05) is 6.07 Å². The van der Waals surface area contributed by atoms with Crippen LogP contribution in [0.3, 0.4) is 0 Å². The predicted molar refractivity (Wildman–Crippen MR) is 82.7 cm³/mol. The highest BCUT2D eigenvalue weighted by Crippen LogP contribution is 2.63. The second-order valence-electron chi connectivity index (χ2n) is 4.78. The molecule has 1 aliphatic carbocycles. The molecule has 0 bridgehead atoms. The topological polar surface area (TPSA) is 64.9 Å². The molecule has 1 saturated carbocycles. The lowest BCUT2D eigenvalue weighted by atomic mass is 10.1. The Morgan fingerprint density at radius 2 is 2.05 bits per heavy atom. The average molecular weight is 328 g/mol. The molecule has 104 valence electrons. The summed E-state index contributed by atoms with van der Waals surface area (Å²) in [5, 5.41) is 14.4. The lowest BCUT2D eigenvalue weighted by molar-refractivity contribution is -0.124. The number of benzene rings is 1. The summed E-state index contributed by atoms with van der Waals surface area (Å²) in [6, 6.07) is 8.89. The number of alkyl halides is 2. The Morgan fingerprint density at radius 1 is 1.45 bits per heavy atom. The first-order chi connectivity index (χ1) is 9.30. The molecule has 1 aromatic rings. The number of carbonyl (C=O) groups is 1. The number of amides is 1. The van der Waals surface area contributed by atoms with Crippen molar-refractivity contribution < 1.29 is 4.79 Å².